The van der Waals surface area contributed by atoms with Crippen molar-refractivity contribution < 1.29 is 23.4 Å². The Balaban J connectivity index is 1.26. The summed E-state index contributed by atoms with van der Waals surface area (Å²) < 4.78 is 29.1. The van der Waals surface area contributed by atoms with Gasteiger partial charge in [0.15, 0.2) is 5.58 Å². The van der Waals surface area contributed by atoms with Crippen molar-refractivity contribution in [3.63, 3.8) is 0 Å². The van der Waals surface area contributed by atoms with E-state index in [0.29, 0.717) is 73.8 Å². The lowest BCUT2D eigenvalue weighted by Gasteiger charge is -2.09. The monoisotopic (exact) mass is 481 g/mol. The summed E-state index contributed by atoms with van der Waals surface area (Å²) in [4.78, 5) is 20.4. The molecule has 0 amide bonds. The first-order chi connectivity index (χ1) is 17.1. The number of nitrogens with zero attached hydrogens (tertiary/aromatic N) is 4. The van der Waals surface area contributed by atoms with Crippen molar-refractivity contribution >= 4 is 11.1 Å². The van der Waals surface area contributed by atoms with E-state index in [1.54, 1.807) is 37.5 Å². The number of rotatable bonds is 13. The molecule has 0 aliphatic carbocycles. The first kappa shape index (κ1) is 24.3. The van der Waals surface area contributed by atoms with E-state index in [1.165, 1.54) is 10.7 Å². The smallest absolute Gasteiger partial charge is 0.266 e. The Morgan fingerprint density at radius 3 is 2.51 bits per heavy atom. The van der Waals surface area contributed by atoms with E-state index in [2.05, 4.69) is 15.1 Å². The molecule has 4 rings (SSSR count). The van der Waals surface area contributed by atoms with Crippen molar-refractivity contribution in [2.24, 2.45) is 12.8 Å². The van der Waals surface area contributed by atoms with Crippen LogP contribution in [0.25, 0.3) is 22.7 Å². The first-order valence-electron chi connectivity index (χ1n) is 11.1. The Hall–Kier alpha value is -3.80. The molecule has 0 unspecified atom stereocenters. The van der Waals surface area contributed by atoms with Gasteiger partial charge in [-0.2, -0.15) is 5.10 Å². The number of benzene rings is 1. The molecule has 0 fully saturated rings. The number of oxazole rings is 1. The molecule has 11 heteroatoms. The zero-order valence-electron chi connectivity index (χ0n) is 19.4. The summed E-state index contributed by atoms with van der Waals surface area (Å²) in [6, 6.07) is 12.0. The maximum Gasteiger partial charge on any atom is 0.266 e. The first-order valence-corrected chi connectivity index (χ1v) is 11.1. The van der Waals surface area contributed by atoms with Crippen LogP contribution in [0.1, 0.15) is 5.69 Å². The second-order valence-corrected chi connectivity index (χ2v) is 7.46. The molecule has 2 N–H and O–H groups in total. The van der Waals surface area contributed by atoms with Crippen molar-refractivity contribution in [1.29, 1.82) is 0 Å². The fourth-order valence-electron chi connectivity index (χ4n) is 3.09. The van der Waals surface area contributed by atoms with Crippen LogP contribution in [0.4, 0.5) is 0 Å². The molecule has 11 nitrogen and oxygen atoms in total. The molecule has 1 aromatic carbocycles. The second kappa shape index (κ2) is 12.1. The van der Waals surface area contributed by atoms with Gasteiger partial charge in [0, 0.05) is 25.7 Å². The number of fused-ring (bicyclic) bond motifs is 1. The van der Waals surface area contributed by atoms with Gasteiger partial charge in [-0.15, -0.1) is 0 Å². The molecule has 0 bridgehead atoms. The van der Waals surface area contributed by atoms with E-state index >= 15 is 0 Å². The van der Waals surface area contributed by atoms with E-state index in [1.807, 2.05) is 12.1 Å². The highest BCUT2D eigenvalue weighted by Crippen LogP contribution is 2.26. The molecule has 3 aromatic heterocycles. The van der Waals surface area contributed by atoms with Crippen LogP contribution >= 0.6 is 0 Å². The van der Waals surface area contributed by atoms with Crippen molar-refractivity contribution in [2.45, 2.75) is 6.61 Å². The molecule has 0 saturated carbocycles. The summed E-state index contributed by atoms with van der Waals surface area (Å²) in [5.74, 6) is 1.61. The van der Waals surface area contributed by atoms with Crippen LogP contribution in [0.5, 0.6) is 11.5 Å². The zero-order chi connectivity index (χ0) is 24.5. The number of hydrogen-bond donors (Lipinski definition) is 1. The van der Waals surface area contributed by atoms with Crippen LogP contribution < -0.4 is 20.8 Å². The van der Waals surface area contributed by atoms with Gasteiger partial charge in [-0.1, -0.05) is 0 Å². The summed E-state index contributed by atoms with van der Waals surface area (Å²) >= 11 is 0. The Morgan fingerprint density at radius 2 is 1.74 bits per heavy atom. The summed E-state index contributed by atoms with van der Waals surface area (Å²) in [7, 11) is 1.57. The highest BCUT2D eigenvalue weighted by atomic mass is 16.5. The number of aryl methyl sites for hydroxylation is 1. The molecule has 0 aliphatic rings. The minimum absolute atomic E-state index is 0.206. The van der Waals surface area contributed by atoms with Gasteiger partial charge < -0.3 is 29.1 Å². The van der Waals surface area contributed by atoms with Crippen molar-refractivity contribution in [1.82, 2.24) is 19.7 Å². The van der Waals surface area contributed by atoms with Gasteiger partial charge in [0.2, 0.25) is 5.89 Å². The lowest BCUT2D eigenvalue weighted by molar-refractivity contribution is 0.0387. The van der Waals surface area contributed by atoms with Gasteiger partial charge in [0.05, 0.1) is 38.3 Å². The average molecular weight is 482 g/mol. The molecule has 0 radical (unpaired) electrons. The van der Waals surface area contributed by atoms with Crippen LogP contribution in [-0.2, 0) is 23.1 Å². The molecule has 0 saturated heterocycles. The standard InChI is InChI=1S/C24H27N5O6/c1-29-23(30)7-5-20(28-29)24-27-21-14-18(4-6-22(21)35-24)34-16-17-2-3-19(15-26-17)33-13-12-32-11-10-31-9-8-25/h2-7,14-15H,8-13,16,25H2,1H3. The fraction of sp³-hybridized carbons (Fsp3) is 0.333. The van der Waals surface area contributed by atoms with Crippen molar-refractivity contribution in [3.05, 3.63) is 64.7 Å². The van der Waals surface area contributed by atoms with E-state index in [9.17, 15) is 4.79 Å². The third kappa shape index (κ3) is 6.85. The highest BCUT2D eigenvalue weighted by Gasteiger charge is 2.11. The predicted molar refractivity (Wildman–Crippen MR) is 127 cm³/mol. The quantitative estimate of drug-likeness (QED) is 0.282. The zero-order valence-corrected chi connectivity index (χ0v) is 19.4. The summed E-state index contributed by atoms with van der Waals surface area (Å²) in [5, 5.41) is 4.17. The fourth-order valence-corrected chi connectivity index (χ4v) is 3.09. The molecule has 4 aromatic rings. The molecular formula is C24H27N5O6. The number of hydrogen-bond acceptors (Lipinski definition) is 10. The number of nitrogens with two attached hydrogens (primary N) is 1. The Kier molecular flexibility index (Phi) is 8.39. The molecule has 0 aliphatic heterocycles. The topological polar surface area (TPSA) is 137 Å². The van der Waals surface area contributed by atoms with Crippen LogP contribution in [-0.4, -0.2) is 59.3 Å². The van der Waals surface area contributed by atoms with Gasteiger partial charge >= 0.3 is 0 Å². The number of pyridine rings is 1. The average Bonchev–Trinajstić information content (AvgIpc) is 3.30. The SMILES string of the molecule is Cn1nc(-c2nc3cc(OCc4ccc(OCCOCCOCCN)cn4)ccc3o2)ccc1=O. The van der Waals surface area contributed by atoms with E-state index in [4.69, 9.17) is 29.1 Å². The summed E-state index contributed by atoms with van der Waals surface area (Å²) in [6.07, 6.45) is 1.65. The van der Waals surface area contributed by atoms with E-state index in [-0.39, 0.29) is 12.2 Å². The maximum atomic E-state index is 11.5. The van der Waals surface area contributed by atoms with Crippen LogP contribution in [0, 0.1) is 0 Å². The van der Waals surface area contributed by atoms with Gasteiger partial charge in [0.1, 0.15) is 35.9 Å². The third-order valence-electron chi connectivity index (χ3n) is 4.85. The molecule has 35 heavy (non-hydrogen) atoms. The molecular weight excluding hydrogens is 454 g/mol. The minimum atomic E-state index is -0.206. The van der Waals surface area contributed by atoms with E-state index in [0.717, 1.165) is 5.69 Å². The number of aromatic nitrogens is 4. The van der Waals surface area contributed by atoms with E-state index < -0.39 is 0 Å². The largest absolute Gasteiger partial charge is 0.490 e. The minimum Gasteiger partial charge on any atom is -0.490 e. The van der Waals surface area contributed by atoms with Crippen molar-refractivity contribution in [2.75, 3.05) is 39.6 Å². The van der Waals surface area contributed by atoms with Crippen LogP contribution in [0.3, 0.4) is 0 Å². The molecule has 184 valence electrons. The third-order valence-corrected chi connectivity index (χ3v) is 4.85. The lowest BCUT2D eigenvalue weighted by Crippen LogP contribution is -2.18. The summed E-state index contributed by atoms with van der Waals surface area (Å²) in [5.41, 5.74) is 7.58. The summed E-state index contributed by atoms with van der Waals surface area (Å²) in [6.45, 7) is 3.23. The normalized spacial score (nSPS) is 11.1. The molecule has 0 atom stereocenters. The van der Waals surface area contributed by atoms with Crippen LogP contribution in [0.15, 0.2) is 57.9 Å². The van der Waals surface area contributed by atoms with Gasteiger partial charge in [0.25, 0.3) is 5.56 Å². The molecule has 3 heterocycles. The van der Waals surface area contributed by atoms with Crippen molar-refractivity contribution in [3.8, 4) is 23.1 Å². The highest BCUT2D eigenvalue weighted by molar-refractivity contribution is 5.77. The van der Waals surface area contributed by atoms with Gasteiger partial charge in [-0.05, 0) is 30.3 Å². The Labute approximate surface area is 201 Å². The Morgan fingerprint density at radius 1 is 0.943 bits per heavy atom. The second-order valence-electron chi connectivity index (χ2n) is 7.46. The Bertz CT molecular complexity index is 1290. The predicted octanol–water partition coefficient (Wildman–Crippen LogP) is 1.93. The molecule has 0 spiro atoms. The van der Waals surface area contributed by atoms with Gasteiger partial charge in [-0.3, -0.25) is 9.78 Å². The van der Waals surface area contributed by atoms with Crippen LogP contribution in [0.2, 0.25) is 0 Å². The van der Waals surface area contributed by atoms with Gasteiger partial charge in [-0.25, -0.2) is 9.67 Å². The maximum absolute atomic E-state index is 11.5. The lowest BCUT2D eigenvalue weighted by atomic mass is 10.3. The number of ether oxygens (including phenoxy) is 4.